The highest BCUT2D eigenvalue weighted by Gasteiger charge is 2.13. The van der Waals surface area contributed by atoms with Crippen LogP contribution in [0.5, 0.6) is 11.5 Å². The Morgan fingerprint density at radius 2 is 1.81 bits per heavy atom. The molecule has 2 aromatic carbocycles. The number of nitrogens with one attached hydrogen (secondary N) is 1. The Balaban J connectivity index is 2.20. The van der Waals surface area contributed by atoms with Crippen molar-refractivity contribution in [3.63, 3.8) is 0 Å². The third kappa shape index (κ3) is 5.18. The van der Waals surface area contributed by atoms with Gasteiger partial charge in [-0.2, -0.15) is 13.5 Å². The standard InChI is InChI=1S/C17H18BrFN2O4S/c1-3-24-16-10-12(9-15(18)17(16)25-4-2)11-20-21-26(22,23)14-7-5-13(19)6-8-14/h5-11,21H,3-4H2,1-2H3. The number of hydrazone groups is 1. The van der Waals surface area contributed by atoms with Crippen LogP contribution < -0.4 is 14.3 Å². The van der Waals surface area contributed by atoms with Crippen LogP contribution >= 0.6 is 15.9 Å². The third-order valence-corrected chi connectivity index (χ3v) is 4.96. The molecule has 0 radical (unpaired) electrons. The second kappa shape index (κ2) is 9.00. The molecule has 0 spiro atoms. The summed E-state index contributed by atoms with van der Waals surface area (Å²) in [6, 6.07) is 7.87. The summed E-state index contributed by atoms with van der Waals surface area (Å²) >= 11 is 3.40. The second-order valence-electron chi connectivity index (χ2n) is 5.00. The summed E-state index contributed by atoms with van der Waals surface area (Å²) in [7, 11) is -3.88. The zero-order valence-corrected chi connectivity index (χ0v) is 16.6. The van der Waals surface area contributed by atoms with E-state index in [1.807, 2.05) is 13.8 Å². The molecule has 0 atom stereocenters. The van der Waals surface area contributed by atoms with E-state index < -0.39 is 15.8 Å². The van der Waals surface area contributed by atoms with Crippen LogP contribution in [0.4, 0.5) is 4.39 Å². The molecule has 0 unspecified atom stereocenters. The van der Waals surface area contributed by atoms with Gasteiger partial charge in [-0.05, 0) is 71.7 Å². The predicted octanol–water partition coefficient (Wildman–Crippen LogP) is 3.70. The van der Waals surface area contributed by atoms with Gasteiger partial charge in [-0.25, -0.2) is 9.22 Å². The molecule has 2 aromatic rings. The van der Waals surface area contributed by atoms with Gasteiger partial charge in [0, 0.05) is 0 Å². The maximum atomic E-state index is 12.9. The fraction of sp³-hybridized carbons (Fsp3) is 0.235. The molecule has 26 heavy (non-hydrogen) atoms. The van der Waals surface area contributed by atoms with Crippen molar-refractivity contribution < 1.29 is 22.3 Å². The summed E-state index contributed by atoms with van der Waals surface area (Å²) in [5.74, 6) is 0.570. The number of nitrogens with zero attached hydrogens (tertiary/aromatic N) is 1. The Labute approximate surface area is 160 Å². The van der Waals surface area contributed by atoms with Crippen LogP contribution in [-0.2, 0) is 10.0 Å². The van der Waals surface area contributed by atoms with Crippen LogP contribution in [-0.4, -0.2) is 27.8 Å². The van der Waals surface area contributed by atoms with Crippen LogP contribution in [0.15, 0.2) is 50.9 Å². The summed E-state index contributed by atoms with van der Waals surface area (Å²) in [5.41, 5.74) is 0.602. The first-order valence-corrected chi connectivity index (χ1v) is 10.0. The molecule has 6 nitrogen and oxygen atoms in total. The molecule has 0 fully saturated rings. The lowest BCUT2D eigenvalue weighted by atomic mass is 10.2. The molecule has 0 aliphatic carbocycles. The SMILES string of the molecule is CCOc1cc(C=NNS(=O)(=O)c2ccc(F)cc2)cc(Br)c1OCC. The normalized spacial score (nSPS) is 11.5. The first-order chi connectivity index (χ1) is 12.4. The van der Waals surface area contributed by atoms with Crippen LogP contribution in [0.2, 0.25) is 0 Å². The van der Waals surface area contributed by atoms with Gasteiger partial charge >= 0.3 is 0 Å². The maximum Gasteiger partial charge on any atom is 0.276 e. The van der Waals surface area contributed by atoms with E-state index in [2.05, 4.69) is 25.9 Å². The van der Waals surface area contributed by atoms with Crippen molar-refractivity contribution in [3.05, 3.63) is 52.3 Å². The molecule has 0 heterocycles. The van der Waals surface area contributed by atoms with Crippen molar-refractivity contribution in [1.29, 1.82) is 0 Å². The van der Waals surface area contributed by atoms with Gasteiger partial charge in [0.25, 0.3) is 10.0 Å². The topological polar surface area (TPSA) is 77.0 Å². The van der Waals surface area contributed by atoms with Gasteiger partial charge in [0.2, 0.25) is 0 Å². The van der Waals surface area contributed by atoms with Crippen molar-refractivity contribution in [1.82, 2.24) is 4.83 Å². The van der Waals surface area contributed by atoms with Crippen LogP contribution in [0.3, 0.4) is 0 Å². The second-order valence-corrected chi connectivity index (χ2v) is 7.52. The maximum absolute atomic E-state index is 12.9. The number of hydrogen-bond acceptors (Lipinski definition) is 5. The van der Waals surface area contributed by atoms with Gasteiger partial charge in [0.15, 0.2) is 11.5 Å². The molecule has 0 aromatic heterocycles. The van der Waals surface area contributed by atoms with Crippen molar-refractivity contribution >= 4 is 32.2 Å². The molecule has 0 saturated heterocycles. The number of rotatable bonds is 8. The summed E-state index contributed by atoms with van der Waals surface area (Å²) in [4.78, 5) is 2.00. The molecule has 0 aliphatic heterocycles. The van der Waals surface area contributed by atoms with E-state index in [4.69, 9.17) is 9.47 Å². The Morgan fingerprint density at radius 3 is 2.42 bits per heavy atom. The number of halogens is 2. The fourth-order valence-electron chi connectivity index (χ4n) is 2.05. The van der Waals surface area contributed by atoms with E-state index in [0.29, 0.717) is 34.7 Å². The molecule has 0 amide bonds. The molecule has 2 rings (SSSR count). The van der Waals surface area contributed by atoms with Crippen LogP contribution in [0.1, 0.15) is 19.4 Å². The van der Waals surface area contributed by atoms with E-state index >= 15 is 0 Å². The largest absolute Gasteiger partial charge is 0.490 e. The van der Waals surface area contributed by atoms with Crippen molar-refractivity contribution in [2.45, 2.75) is 18.7 Å². The highest BCUT2D eigenvalue weighted by molar-refractivity contribution is 9.10. The smallest absolute Gasteiger partial charge is 0.276 e. The quantitative estimate of drug-likeness (QED) is 0.497. The van der Waals surface area contributed by atoms with E-state index in [9.17, 15) is 12.8 Å². The number of benzene rings is 2. The van der Waals surface area contributed by atoms with Gasteiger partial charge in [0.1, 0.15) is 5.82 Å². The molecular formula is C17H18BrFN2O4S. The van der Waals surface area contributed by atoms with Crippen molar-refractivity contribution in [3.8, 4) is 11.5 Å². The Hall–Kier alpha value is -2.13. The molecule has 0 aliphatic rings. The van der Waals surface area contributed by atoms with Gasteiger partial charge in [-0.3, -0.25) is 0 Å². The van der Waals surface area contributed by atoms with Crippen molar-refractivity contribution in [2.24, 2.45) is 5.10 Å². The fourth-order valence-corrected chi connectivity index (χ4v) is 3.41. The van der Waals surface area contributed by atoms with Crippen LogP contribution in [0, 0.1) is 5.82 Å². The van der Waals surface area contributed by atoms with Crippen LogP contribution in [0.25, 0.3) is 0 Å². The summed E-state index contributed by atoms with van der Waals surface area (Å²) in [6.45, 7) is 4.64. The molecule has 1 N–H and O–H groups in total. The zero-order chi connectivity index (χ0) is 19.2. The average molecular weight is 445 g/mol. The Kier molecular flexibility index (Phi) is 6.98. The summed E-state index contributed by atoms with van der Waals surface area (Å²) in [5, 5.41) is 3.76. The first kappa shape index (κ1) is 20.2. The highest BCUT2D eigenvalue weighted by Crippen LogP contribution is 2.36. The zero-order valence-electron chi connectivity index (χ0n) is 14.2. The van der Waals surface area contributed by atoms with Gasteiger partial charge in [-0.1, -0.05) is 0 Å². The minimum Gasteiger partial charge on any atom is -0.490 e. The Bertz CT molecular complexity index is 886. The molecule has 9 heteroatoms. The molecule has 0 bridgehead atoms. The van der Waals surface area contributed by atoms with E-state index in [1.54, 1.807) is 12.1 Å². The minimum absolute atomic E-state index is 0.0843. The van der Waals surface area contributed by atoms with Crippen molar-refractivity contribution in [2.75, 3.05) is 13.2 Å². The minimum atomic E-state index is -3.88. The summed E-state index contributed by atoms with van der Waals surface area (Å²) < 4.78 is 48.9. The molecule has 0 saturated carbocycles. The first-order valence-electron chi connectivity index (χ1n) is 7.77. The number of hydrogen-bond donors (Lipinski definition) is 1. The van der Waals surface area contributed by atoms with Gasteiger partial charge in [0.05, 0.1) is 28.8 Å². The van der Waals surface area contributed by atoms with E-state index in [-0.39, 0.29) is 4.90 Å². The number of sulfonamides is 1. The lowest BCUT2D eigenvalue weighted by Gasteiger charge is -2.13. The van der Waals surface area contributed by atoms with E-state index in [0.717, 1.165) is 24.3 Å². The lowest BCUT2D eigenvalue weighted by Crippen LogP contribution is -2.18. The average Bonchev–Trinajstić information content (AvgIpc) is 2.58. The summed E-state index contributed by atoms with van der Waals surface area (Å²) in [6.07, 6.45) is 1.34. The van der Waals surface area contributed by atoms with Gasteiger partial charge < -0.3 is 9.47 Å². The number of ether oxygens (including phenoxy) is 2. The predicted molar refractivity (Wildman–Crippen MR) is 101 cm³/mol. The Morgan fingerprint density at radius 1 is 1.15 bits per heavy atom. The van der Waals surface area contributed by atoms with E-state index in [1.165, 1.54) is 6.21 Å². The molecular weight excluding hydrogens is 427 g/mol. The third-order valence-electron chi connectivity index (χ3n) is 3.13. The lowest BCUT2D eigenvalue weighted by molar-refractivity contribution is 0.286. The highest BCUT2D eigenvalue weighted by atomic mass is 79.9. The van der Waals surface area contributed by atoms with Gasteiger partial charge in [-0.15, -0.1) is 0 Å². The molecule has 140 valence electrons. The monoisotopic (exact) mass is 444 g/mol.